The monoisotopic (exact) mass is 427 g/mol. The van der Waals surface area contributed by atoms with Crippen LogP contribution in [0.15, 0.2) is 45.7 Å². The first-order chi connectivity index (χ1) is 13.1. The molecule has 1 aliphatic heterocycles. The Morgan fingerprint density at radius 3 is 2.71 bits per heavy atom. The number of alkyl halides is 3. The van der Waals surface area contributed by atoms with Crippen LogP contribution in [-0.4, -0.2) is 32.7 Å². The van der Waals surface area contributed by atoms with E-state index >= 15 is 0 Å². The first kappa shape index (κ1) is 20.2. The fourth-order valence-electron chi connectivity index (χ4n) is 2.46. The van der Waals surface area contributed by atoms with Crippen molar-refractivity contribution in [1.29, 1.82) is 0 Å². The van der Waals surface area contributed by atoms with Crippen LogP contribution < -0.4 is 0 Å². The van der Waals surface area contributed by atoms with Gasteiger partial charge in [0.05, 0.1) is 16.9 Å². The molecular weight excluding hydrogens is 415 g/mol. The second-order valence-corrected chi connectivity index (χ2v) is 7.43. The molecule has 0 atom stereocenters. The van der Waals surface area contributed by atoms with Gasteiger partial charge in [-0.15, -0.1) is 0 Å². The van der Waals surface area contributed by atoms with E-state index in [1.807, 2.05) is 0 Å². The number of amides is 1. The molecule has 1 aromatic carbocycles. The number of aliphatic carboxylic acids is 1. The Kier molecular flexibility index (Phi) is 5.61. The summed E-state index contributed by atoms with van der Waals surface area (Å²) in [5.41, 5.74) is -0.536. The average Bonchev–Trinajstić information content (AvgIpc) is 3.18. The van der Waals surface area contributed by atoms with Gasteiger partial charge >= 0.3 is 12.1 Å². The van der Waals surface area contributed by atoms with Crippen molar-refractivity contribution in [2.75, 3.05) is 6.54 Å². The van der Waals surface area contributed by atoms with Crippen molar-refractivity contribution in [2.45, 2.75) is 12.6 Å². The highest BCUT2D eigenvalue weighted by molar-refractivity contribution is 8.26. The van der Waals surface area contributed by atoms with Crippen LogP contribution >= 0.6 is 24.0 Å². The summed E-state index contributed by atoms with van der Waals surface area (Å²) in [5, 5.41) is 8.74. The van der Waals surface area contributed by atoms with Gasteiger partial charge in [-0.3, -0.25) is 14.5 Å². The van der Waals surface area contributed by atoms with Gasteiger partial charge in [-0.2, -0.15) is 13.2 Å². The lowest BCUT2D eigenvalue weighted by atomic mass is 10.1. The summed E-state index contributed by atoms with van der Waals surface area (Å²) in [4.78, 5) is 24.5. The molecule has 5 nitrogen and oxygen atoms in total. The molecule has 1 amide bonds. The van der Waals surface area contributed by atoms with E-state index in [9.17, 15) is 22.8 Å². The van der Waals surface area contributed by atoms with E-state index < -0.39 is 23.6 Å². The predicted molar refractivity (Wildman–Crippen MR) is 101 cm³/mol. The number of carbonyl (C=O) groups is 2. The van der Waals surface area contributed by atoms with Crippen LogP contribution in [0, 0.1) is 0 Å². The zero-order valence-electron chi connectivity index (χ0n) is 14.0. The molecule has 1 saturated heterocycles. The lowest BCUT2D eigenvalue weighted by molar-refractivity contribution is -0.138. The number of furan rings is 1. The Morgan fingerprint density at radius 1 is 1.29 bits per heavy atom. The van der Waals surface area contributed by atoms with E-state index in [4.69, 9.17) is 21.7 Å². The van der Waals surface area contributed by atoms with Crippen LogP contribution in [0.4, 0.5) is 13.2 Å². The highest BCUT2D eigenvalue weighted by Crippen LogP contribution is 2.35. The van der Waals surface area contributed by atoms with Crippen molar-refractivity contribution in [3.8, 4) is 11.3 Å². The second-order valence-electron chi connectivity index (χ2n) is 5.76. The molecule has 2 aromatic rings. The standard InChI is InChI=1S/C18H12F3NO4S2/c19-18(20,21)11-3-1-2-10(8-11)13-5-4-12(26-13)9-14-16(25)22(17(27)28-14)7-6-15(23)24/h1-5,8-9H,6-7H2,(H,23,24). The number of thioether (sulfide) groups is 1. The van der Waals surface area contributed by atoms with Crippen LogP contribution in [0.5, 0.6) is 0 Å². The van der Waals surface area contributed by atoms with Crippen LogP contribution in [0.3, 0.4) is 0 Å². The zero-order chi connectivity index (χ0) is 20.5. The summed E-state index contributed by atoms with van der Waals surface area (Å²) >= 11 is 6.10. The van der Waals surface area contributed by atoms with Gasteiger partial charge in [0.2, 0.25) is 0 Å². The van der Waals surface area contributed by atoms with E-state index in [0.717, 1.165) is 23.9 Å². The number of halogens is 3. The number of thiocarbonyl (C=S) groups is 1. The van der Waals surface area contributed by atoms with Crippen LogP contribution in [0.1, 0.15) is 17.7 Å². The Hall–Kier alpha value is -2.59. The smallest absolute Gasteiger partial charge is 0.416 e. The zero-order valence-corrected chi connectivity index (χ0v) is 15.7. The predicted octanol–water partition coefficient (Wildman–Crippen LogP) is 4.64. The lowest BCUT2D eigenvalue weighted by Crippen LogP contribution is -2.30. The SMILES string of the molecule is O=C(O)CCN1C(=O)C(=Cc2ccc(-c3cccc(C(F)(F)F)c3)o2)SC1=S. The normalized spacial score (nSPS) is 16.2. The van der Waals surface area contributed by atoms with Crippen molar-refractivity contribution in [1.82, 2.24) is 4.90 Å². The fourth-order valence-corrected chi connectivity index (χ4v) is 3.75. The maximum atomic E-state index is 12.9. The number of carboxylic acid groups (broad SMARTS) is 1. The number of benzene rings is 1. The summed E-state index contributed by atoms with van der Waals surface area (Å²) in [5.74, 6) is -0.993. The highest BCUT2D eigenvalue weighted by Gasteiger charge is 2.33. The molecular formula is C18H12F3NO4S2. The van der Waals surface area contributed by atoms with Gasteiger partial charge in [0.25, 0.3) is 5.91 Å². The van der Waals surface area contributed by atoms with Crippen LogP contribution in [0.25, 0.3) is 17.4 Å². The number of carbonyl (C=O) groups excluding carboxylic acids is 1. The maximum absolute atomic E-state index is 12.9. The fraction of sp³-hybridized carbons (Fsp3) is 0.167. The number of hydrogen-bond donors (Lipinski definition) is 1. The molecule has 1 N–H and O–H groups in total. The Balaban J connectivity index is 1.80. The molecule has 0 bridgehead atoms. The van der Waals surface area contributed by atoms with Gasteiger partial charge in [0, 0.05) is 18.2 Å². The quantitative estimate of drug-likeness (QED) is 0.554. The first-order valence-corrected chi connectivity index (χ1v) is 9.12. The molecule has 10 heteroatoms. The minimum absolute atomic E-state index is 0.0367. The third-order valence-corrected chi connectivity index (χ3v) is 5.18. The molecule has 0 aliphatic carbocycles. The van der Waals surface area contributed by atoms with E-state index in [1.54, 1.807) is 0 Å². The molecule has 28 heavy (non-hydrogen) atoms. The molecule has 0 saturated carbocycles. The van der Waals surface area contributed by atoms with E-state index in [-0.39, 0.29) is 39.3 Å². The Labute approximate surface area is 166 Å². The molecule has 2 heterocycles. The third-order valence-electron chi connectivity index (χ3n) is 3.80. The Bertz CT molecular complexity index is 981. The largest absolute Gasteiger partial charge is 0.481 e. The number of hydrogen-bond acceptors (Lipinski definition) is 5. The molecule has 0 unspecified atom stereocenters. The van der Waals surface area contributed by atoms with Gasteiger partial charge in [-0.05, 0) is 24.3 Å². The van der Waals surface area contributed by atoms with Crippen LogP contribution in [-0.2, 0) is 15.8 Å². The minimum atomic E-state index is -4.46. The Morgan fingerprint density at radius 2 is 2.04 bits per heavy atom. The van der Waals surface area contributed by atoms with Crippen molar-refractivity contribution in [3.05, 3.63) is 52.6 Å². The van der Waals surface area contributed by atoms with Gasteiger partial charge < -0.3 is 9.52 Å². The summed E-state index contributed by atoms with van der Waals surface area (Å²) in [7, 11) is 0. The topological polar surface area (TPSA) is 70.8 Å². The maximum Gasteiger partial charge on any atom is 0.416 e. The molecule has 3 rings (SSSR count). The van der Waals surface area contributed by atoms with Gasteiger partial charge in [-0.1, -0.05) is 36.1 Å². The van der Waals surface area contributed by atoms with E-state index in [2.05, 4.69) is 0 Å². The highest BCUT2D eigenvalue weighted by atomic mass is 32.2. The average molecular weight is 427 g/mol. The molecule has 146 valence electrons. The van der Waals surface area contributed by atoms with Gasteiger partial charge in [0.15, 0.2) is 0 Å². The summed E-state index contributed by atoms with van der Waals surface area (Å²) in [6.45, 7) is -0.0367. The lowest BCUT2D eigenvalue weighted by Gasteiger charge is -2.12. The summed E-state index contributed by atoms with van der Waals surface area (Å²) in [6.07, 6.45) is -3.27. The molecule has 0 spiro atoms. The van der Waals surface area contributed by atoms with Crippen molar-refractivity contribution < 1.29 is 32.3 Å². The van der Waals surface area contributed by atoms with Crippen LogP contribution in [0.2, 0.25) is 0 Å². The number of carboxylic acids is 1. The van der Waals surface area contributed by atoms with Gasteiger partial charge in [0.1, 0.15) is 15.8 Å². The summed E-state index contributed by atoms with van der Waals surface area (Å²) < 4.78 is 44.4. The molecule has 1 aliphatic rings. The number of nitrogens with zero attached hydrogens (tertiary/aromatic N) is 1. The summed E-state index contributed by atoms with van der Waals surface area (Å²) in [6, 6.07) is 7.76. The molecule has 0 radical (unpaired) electrons. The second kappa shape index (κ2) is 7.80. The van der Waals surface area contributed by atoms with Crippen molar-refractivity contribution in [3.63, 3.8) is 0 Å². The van der Waals surface area contributed by atoms with Gasteiger partial charge in [-0.25, -0.2) is 0 Å². The van der Waals surface area contributed by atoms with E-state index in [0.29, 0.717) is 0 Å². The van der Waals surface area contributed by atoms with E-state index in [1.165, 1.54) is 35.2 Å². The first-order valence-electron chi connectivity index (χ1n) is 7.90. The minimum Gasteiger partial charge on any atom is -0.481 e. The number of rotatable bonds is 5. The van der Waals surface area contributed by atoms with Crippen molar-refractivity contribution in [2.24, 2.45) is 0 Å². The molecule has 1 fully saturated rings. The third kappa shape index (κ3) is 4.45. The molecule has 1 aromatic heterocycles. The van der Waals surface area contributed by atoms with Crippen molar-refractivity contribution >= 4 is 46.3 Å².